The number of benzene rings is 1. The van der Waals surface area contributed by atoms with Gasteiger partial charge in [-0.2, -0.15) is 0 Å². The Bertz CT molecular complexity index is 345. The average molecular weight is 241 g/mol. The van der Waals surface area contributed by atoms with E-state index in [4.69, 9.17) is 10.5 Å². The normalized spacial score (nSPS) is 10.8. The number of nitrogen functional groups attached to an aromatic ring is 1. The molecular formula is C12H20FN3O. The maximum absolute atomic E-state index is 12.8. The fourth-order valence-corrected chi connectivity index (χ4v) is 1.30. The van der Waals surface area contributed by atoms with Gasteiger partial charge in [-0.1, -0.05) is 0 Å². The van der Waals surface area contributed by atoms with Crippen molar-refractivity contribution in [3.63, 3.8) is 0 Å². The minimum absolute atomic E-state index is 0.324. The van der Waals surface area contributed by atoms with Gasteiger partial charge in [-0.15, -0.1) is 0 Å². The topological polar surface area (TPSA) is 50.5 Å². The zero-order valence-corrected chi connectivity index (χ0v) is 10.4. The highest BCUT2D eigenvalue weighted by Gasteiger charge is 1.99. The van der Waals surface area contributed by atoms with E-state index in [1.54, 1.807) is 6.07 Å². The molecule has 0 spiro atoms. The van der Waals surface area contributed by atoms with E-state index in [0.717, 1.165) is 12.2 Å². The molecule has 5 heteroatoms. The summed E-state index contributed by atoms with van der Waals surface area (Å²) in [4.78, 5) is 2.06. The van der Waals surface area contributed by atoms with Gasteiger partial charge in [-0.05, 0) is 32.3 Å². The van der Waals surface area contributed by atoms with E-state index in [9.17, 15) is 4.39 Å². The Labute approximate surface area is 102 Å². The first-order chi connectivity index (χ1) is 8.09. The third-order valence-corrected chi connectivity index (χ3v) is 2.26. The van der Waals surface area contributed by atoms with Gasteiger partial charge in [0.2, 0.25) is 0 Å². The van der Waals surface area contributed by atoms with Crippen LogP contribution in [0.3, 0.4) is 0 Å². The summed E-state index contributed by atoms with van der Waals surface area (Å²) < 4.78 is 18.2. The molecule has 0 amide bonds. The molecule has 0 aliphatic carbocycles. The lowest BCUT2D eigenvalue weighted by atomic mass is 10.2. The van der Waals surface area contributed by atoms with Crippen LogP contribution in [0.25, 0.3) is 0 Å². The van der Waals surface area contributed by atoms with Crippen LogP contribution >= 0.6 is 0 Å². The van der Waals surface area contributed by atoms with Crippen molar-refractivity contribution < 1.29 is 9.13 Å². The molecule has 3 N–H and O–H groups in total. The van der Waals surface area contributed by atoms with Gasteiger partial charge >= 0.3 is 0 Å². The summed E-state index contributed by atoms with van der Waals surface area (Å²) in [5.41, 5.74) is 6.81. The smallest absolute Gasteiger partial charge is 0.125 e. The zero-order valence-electron chi connectivity index (χ0n) is 10.4. The Morgan fingerprint density at radius 2 is 2.12 bits per heavy atom. The summed E-state index contributed by atoms with van der Waals surface area (Å²) in [6, 6.07) is 4.31. The summed E-state index contributed by atoms with van der Waals surface area (Å²) in [6.07, 6.45) is 0. The van der Waals surface area contributed by atoms with Crippen molar-refractivity contribution in [2.45, 2.75) is 0 Å². The highest BCUT2D eigenvalue weighted by Crippen LogP contribution is 2.18. The minimum Gasteiger partial charge on any atom is -0.397 e. The Kier molecular flexibility index (Phi) is 5.72. The molecule has 17 heavy (non-hydrogen) atoms. The highest BCUT2D eigenvalue weighted by atomic mass is 19.1. The lowest BCUT2D eigenvalue weighted by molar-refractivity contribution is 0.126. The summed E-state index contributed by atoms with van der Waals surface area (Å²) in [6.45, 7) is 2.86. The van der Waals surface area contributed by atoms with Gasteiger partial charge < -0.3 is 20.7 Å². The van der Waals surface area contributed by atoms with Crippen molar-refractivity contribution >= 4 is 11.4 Å². The first-order valence-electron chi connectivity index (χ1n) is 5.61. The molecule has 0 saturated carbocycles. The fraction of sp³-hybridized carbons (Fsp3) is 0.500. The molecule has 0 unspecified atom stereocenters. The summed E-state index contributed by atoms with van der Waals surface area (Å²) in [7, 11) is 4.00. The number of nitrogens with one attached hydrogen (secondary N) is 1. The summed E-state index contributed by atoms with van der Waals surface area (Å²) in [5, 5.41) is 3.10. The van der Waals surface area contributed by atoms with Crippen molar-refractivity contribution in [3.05, 3.63) is 24.0 Å². The van der Waals surface area contributed by atoms with Crippen LogP contribution < -0.4 is 11.1 Å². The number of rotatable bonds is 7. The van der Waals surface area contributed by atoms with Crippen molar-refractivity contribution in [1.29, 1.82) is 0 Å². The van der Waals surface area contributed by atoms with Crippen LogP contribution in [0.5, 0.6) is 0 Å². The Balaban J connectivity index is 2.18. The third-order valence-electron chi connectivity index (χ3n) is 2.26. The van der Waals surface area contributed by atoms with Gasteiger partial charge in [0.1, 0.15) is 5.82 Å². The summed E-state index contributed by atoms with van der Waals surface area (Å²) >= 11 is 0. The number of anilines is 2. The predicted molar refractivity (Wildman–Crippen MR) is 68.7 cm³/mol. The number of likely N-dealkylation sites (N-methyl/N-ethyl adjacent to an activating group) is 1. The predicted octanol–water partition coefficient (Wildman–Crippen LogP) is 1.40. The van der Waals surface area contributed by atoms with E-state index in [2.05, 4.69) is 10.2 Å². The van der Waals surface area contributed by atoms with Crippen LogP contribution in [0.2, 0.25) is 0 Å². The molecule has 0 saturated heterocycles. The molecule has 1 aromatic rings. The van der Waals surface area contributed by atoms with Gasteiger partial charge in [-0.25, -0.2) is 4.39 Å². The lowest BCUT2D eigenvalue weighted by Crippen LogP contribution is -2.20. The SMILES string of the molecule is CN(C)CCOCCNc1ccc(F)cc1N. The van der Waals surface area contributed by atoms with Crippen molar-refractivity contribution in [3.8, 4) is 0 Å². The van der Waals surface area contributed by atoms with Crippen molar-refractivity contribution in [1.82, 2.24) is 4.90 Å². The van der Waals surface area contributed by atoms with Gasteiger partial charge in [0.05, 0.1) is 24.6 Å². The van der Waals surface area contributed by atoms with Crippen LogP contribution in [-0.2, 0) is 4.74 Å². The molecule has 0 aliphatic rings. The van der Waals surface area contributed by atoms with E-state index in [1.807, 2.05) is 14.1 Å². The Morgan fingerprint density at radius 1 is 1.35 bits per heavy atom. The largest absolute Gasteiger partial charge is 0.397 e. The second kappa shape index (κ2) is 7.09. The van der Waals surface area contributed by atoms with Gasteiger partial charge in [0, 0.05) is 13.1 Å². The minimum atomic E-state index is -0.324. The lowest BCUT2D eigenvalue weighted by Gasteiger charge is -2.11. The number of halogens is 1. The van der Waals surface area contributed by atoms with Crippen molar-refractivity contribution in [2.75, 3.05) is 51.4 Å². The van der Waals surface area contributed by atoms with E-state index in [0.29, 0.717) is 25.4 Å². The Hall–Kier alpha value is -1.33. The van der Waals surface area contributed by atoms with Crippen LogP contribution in [0.1, 0.15) is 0 Å². The average Bonchev–Trinajstić information content (AvgIpc) is 2.25. The van der Waals surface area contributed by atoms with E-state index < -0.39 is 0 Å². The quantitative estimate of drug-likeness (QED) is 0.559. The molecule has 0 aliphatic heterocycles. The molecule has 0 bridgehead atoms. The number of hydrogen-bond donors (Lipinski definition) is 2. The maximum atomic E-state index is 12.8. The second-order valence-electron chi connectivity index (χ2n) is 4.07. The van der Waals surface area contributed by atoms with Crippen LogP contribution in [0.15, 0.2) is 18.2 Å². The molecule has 1 aromatic carbocycles. The summed E-state index contributed by atoms with van der Waals surface area (Å²) in [5.74, 6) is -0.324. The molecule has 0 heterocycles. The first-order valence-corrected chi connectivity index (χ1v) is 5.61. The number of nitrogens with two attached hydrogens (primary N) is 1. The molecule has 96 valence electrons. The van der Waals surface area contributed by atoms with E-state index in [1.165, 1.54) is 12.1 Å². The van der Waals surface area contributed by atoms with Crippen LogP contribution in [0, 0.1) is 5.82 Å². The van der Waals surface area contributed by atoms with Gasteiger partial charge in [0.15, 0.2) is 0 Å². The second-order valence-corrected chi connectivity index (χ2v) is 4.07. The number of nitrogens with zero attached hydrogens (tertiary/aromatic N) is 1. The highest BCUT2D eigenvalue weighted by molar-refractivity contribution is 5.65. The standard InChI is InChI=1S/C12H20FN3O/c1-16(2)6-8-17-7-5-15-12-4-3-10(13)9-11(12)14/h3-4,9,15H,5-8,14H2,1-2H3. The maximum Gasteiger partial charge on any atom is 0.125 e. The monoisotopic (exact) mass is 241 g/mol. The molecule has 0 atom stereocenters. The van der Waals surface area contributed by atoms with Crippen LogP contribution in [0.4, 0.5) is 15.8 Å². The van der Waals surface area contributed by atoms with Crippen LogP contribution in [-0.4, -0.2) is 45.3 Å². The molecule has 4 nitrogen and oxygen atoms in total. The van der Waals surface area contributed by atoms with Gasteiger partial charge in [-0.3, -0.25) is 0 Å². The number of hydrogen-bond acceptors (Lipinski definition) is 4. The first kappa shape index (κ1) is 13.7. The third kappa shape index (κ3) is 5.51. The molecular weight excluding hydrogens is 221 g/mol. The van der Waals surface area contributed by atoms with E-state index >= 15 is 0 Å². The van der Waals surface area contributed by atoms with Gasteiger partial charge in [0.25, 0.3) is 0 Å². The zero-order chi connectivity index (χ0) is 12.7. The molecule has 0 fully saturated rings. The van der Waals surface area contributed by atoms with Crippen molar-refractivity contribution in [2.24, 2.45) is 0 Å². The Morgan fingerprint density at radius 3 is 2.76 bits per heavy atom. The number of ether oxygens (including phenoxy) is 1. The fourth-order valence-electron chi connectivity index (χ4n) is 1.30. The molecule has 0 radical (unpaired) electrons. The molecule has 1 rings (SSSR count). The molecule has 0 aromatic heterocycles. The van der Waals surface area contributed by atoms with E-state index in [-0.39, 0.29) is 5.82 Å².